The number of aromatic nitrogens is 2. The van der Waals surface area contributed by atoms with Gasteiger partial charge in [0.05, 0.1) is 17.4 Å². The molecule has 2 N–H and O–H groups in total. The maximum absolute atomic E-state index is 5.77. The van der Waals surface area contributed by atoms with Crippen molar-refractivity contribution in [3.63, 3.8) is 0 Å². The van der Waals surface area contributed by atoms with Crippen LogP contribution in [0.5, 0.6) is 0 Å². The van der Waals surface area contributed by atoms with Crippen molar-refractivity contribution in [2.75, 3.05) is 13.6 Å². The maximum Gasteiger partial charge on any atom is 0.0955 e. The van der Waals surface area contributed by atoms with Gasteiger partial charge in [-0.05, 0) is 44.6 Å². The van der Waals surface area contributed by atoms with Crippen LogP contribution in [0.1, 0.15) is 18.9 Å². The van der Waals surface area contributed by atoms with Crippen molar-refractivity contribution < 1.29 is 0 Å². The lowest BCUT2D eigenvalue weighted by molar-refractivity contribution is 0.313. The molecule has 0 spiro atoms. The van der Waals surface area contributed by atoms with E-state index in [1.54, 1.807) is 0 Å². The molecule has 0 aliphatic rings. The van der Waals surface area contributed by atoms with Crippen molar-refractivity contribution >= 4 is 11.0 Å². The first-order chi connectivity index (χ1) is 8.56. The Morgan fingerprint density at radius 2 is 2.22 bits per heavy atom. The zero-order valence-electron chi connectivity index (χ0n) is 11.4. The molecule has 0 radical (unpaired) electrons. The highest BCUT2D eigenvalue weighted by molar-refractivity contribution is 5.75. The third-order valence-corrected chi connectivity index (χ3v) is 3.21. The molecule has 2 aromatic rings. The number of hydrogen-bond acceptors (Lipinski definition) is 3. The predicted molar refractivity (Wildman–Crippen MR) is 75.3 cm³/mol. The number of benzene rings is 1. The monoisotopic (exact) mass is 246 g/mol. The molecular weight excluding hydrogens is 224 g/mol. The van der Waals surface area contributed by atoms with Crippen molar-refractivity contribution in [1.29, 1.82) is 0 Å². The first-order valence-electron chi connectivity index (χ1n) is 6.40. The Hall–Kier alpha value is -1.39. The maximum atomic E-state index is 5.77. The molecule has 1 heterocycles. The molecule has 4 heteroatoms. The van der Waals surface area contributed by atoms with Crippen molar-refractivity contribution in [3.05, 3.63) is 30.1 Å². The number of fused-ring (bicyclic) bond motifs is 1. The molecule has 0 aliphatic carbocycles. The topological polar surface area (TPSA) is 47.1 Å². The van der Waals surface area contributed by atoms with Crippen molar-refractivity contribution in [1.82, 2.24) is 14.5 Å². The SMILES string of the molecule is CC(N)CCN(C)Cc1ccc2c(c1)ncn2C. The lowest BCUT2D eigenvalue weighted by atomic mass is 10.1. The molecule has 0 saturated carbocycles. The molecular formula is C14H22N4. The van der Waals surface area contributed by atoms with Crippen LogP contribution in [-0.2, 0) is 13.6 Å². The number of rotatable bonds is 5. The summed E-state index contributed by atoms with van der Waals surface area (Å²) in [5, 5.41) is 0. The summed E-state index contributed by atoms with van der Waals surface area (Å²) in [7, 11) is 4.15. The van der Waals surface area contributed by atoms with Gasteiger partial charge in [0.25, 0.3) is 0 Å². The zero-order valence-corrected chi connectivity index (χ0v) is 11.4. The van der Waals surface area contributed by atoms with E-state index in [4.69, 9.17) is 5.73 Å². The highest BCUT2D eigenvalue weighted by atomic mass is 15.1. The third kappa shape index (κ3) is 3.09. The highest BCUT2D eigenvalue weighted by Crippen LogP contribution is 2.15. The van der Waals surface area contributed by atoms with Gasteiger partial charge in [0.15, 0.2) is 0 Å². The Bertz CT molecular complexity index is 515. The Kier molecular flexibility index (Phi) is 3.99. The van der Waals surface area contributed by atoms with Crippen LogP contribution in [0.25, 0.3) is 11.0 Å². The average molecular weight is 246 g/mol. The number of nitrogens with two attached hydrogens (primary N) is 1. The summed E-state index contributed by atoms with van der Waals surface area (Å²) in [6.45, 7) is 4.02. The van der Waals surface area contributed by atoms with Crippen LogP contribution >= 0.6 is 0 Å². The van der Waals surface area contributed by atoms with Gasteiger partial charge in [0, 0.05) is 19.6 Å². The van der Waals surface area contributed by atoms with E-state index in [9.17, 15) is 0 Å². The molecule has 2 rings (SSSR count). The molecule has 98 valence electrons. The zero-order chi connectivity index (χ0) is 13.1. The predicted octanol–water partition coefficient (Wildman–Crippen LogP) is 1.74. The van der Waals surface area contributed by atoms with Crippen LogP contribution in [0.15, 0.2) is 24.5 Å². The second-order valence-electron chi connectivity index (χ2n) is 5.18. The van der Waals surface area contributed by atoms with E-state index in [2.05, 4.69) is 35.1 Å². The van der Waals surface area contributed by atoms with Gasteiger partial charge in [-0.3, -0.25) is 0 Å². The van der Waals surface area contributed by atoms with E-state index in [1.807, 2.05) is 24.9 Å². The molecule has 1 unspecified atom stereocenters. The van der Waals surface area contributed by atoms with Crippen molar-refractivity contribution in [2.45, 2.75) is 25.9 Å². The summed E-state index contributed by atoms with van der Waals surface area (Å²) in [5.74, 6) is 0. The minimum atomic E-state index is 0.269. The molecule has 18 heavy (non-hydrogen) atoms. The highest BCUT2D eigenvalue weighted by Gasteiger charge is 2.05. The van der Waals surface area contributed by atoms with Crippen LogP contribution in [0.2, 0.25) is 0 Å². The van der Waals surface area contributed by atoms with Crippen LogP contribution in [0.4, 0.5) is 0 Å². The molecule has 1 aromatic heterocycles. The lowest BCUT2D eigenvalue weighted by Gasteiger charge is -2.17. The molecule has 1 atom stereocenters. The molecule has 0 amide bonds. The molecule has 0 saturated heterocycles. The Morgan fingerprint density at radius 1 is 1.44 bits per heavy atom. The smallest absolute Gasteiger partial charge is 0.0955 e. The van der Waals surface area contributed by atoms with Crippen LogP contribution in [-0.4, -0.2) is 34.1 Å². The number of imidazole rings is 1. The largest absolute Gasteiger partial charge is 0.334 e. The summed E-state index contributed by atoms with van der Waals surface area (Å²) in [6.07, 6.45) is 2.89. The molecule has 0 aliphatic heterocycles. The van der Waals surface area contributed by atoms with Crippen molar-refractivity contribution in [3.8, 4) is 0 Å². The number of aryl methyl sites for hydroxylation is 1. The molecule has 1 aromatic carbocycles. The standard InChI is InChI=1S/C14H22N4/c1-11(15)6-7-17(2)9-12-4-5-14-13(8-12)16-10-18(14)3/h4-5,8,10-11H,6-7,9,15H2,1-3H3. The minimum absolute atomic E-state index is 0.269. The summed E-state index contributed by atoms with van der Waals surface area (Å²) in [6, 6.07) is 6.74. The summed E-state index contributed by atoms with van der Waals surface area (Å²) in [4.78, 5) is 6.68. The van der Waals surface area contributed by atoms with E-state index in [0.717, 1.165) is 25.0 Å². The summed E-state index contributed by atoms with van der Waals surface area (Å²) in [5.41, 5.74) is 9.31. The van der Waals surface area contributed by atoms with Gasteiger partial charge in [0.2, 0.25) is 0 Å². The lowest BCUT2D eigenvalue weighted by Crippen LogP contribution is -2.25. The Labute approximate surface area is 108 Å². The van der Waals surface area contributed by atoms with Gasteiger partial charge >= 0.3 is 0 Å². The van der Waals surface area contributed by atoms with Crippen molar-refractivity contribution in [2.24, 2.45) is 12.8 Å². The second kappa shape index (κ2) is 5.50. The average Bonchev–Trinajstić information content (AvgIpc) is 2.68. The van der Waals surface area contributed by atoms with E-state index in [1.165, 1.54) is 11.1 Å². The van der Waals surface area contributed by atoms with Gasteiger partial charge < -0.3 is 15.2 Å². The van der Waals surface area contributed by atoms with Gasteiger partial charge in [-0.15, -0.1) is 0 Å². The van der Waals surface area contributed by atoms with Crippen LogP contribution < -0.4 is 5.73 Å². The summed E-state index contributed by atoms with van der Waals surface area (Å²) >= 11 is 0. The first-order valence-corrected chi connectivity index (χ1v) is 6.40. The number of hydrogen-bond donors (Lipinski definition) is 1. The van der Waals surface area contributed by atoms with E-state index < -0.39 is 0 Å². The van der Waals surface area contributed by atoms with Gasteiger partial charge in [0.1, 0.15) is 0 Å². The van der Waals surface area contributed by atoms with Crippen LogP contribution in [0.3, 0.4) is 0 Å². The molecule has 4 nitrogen and oxygen atoms in total. The Balaban J connectivity index is 2.03. The Morgan fingerprint density at radius 3 is 2.94 bits per heavy atom. The first kappa shape index (κ1) is 13.1. The third-order valence-electron chi connectivity index (χ3n) is 3.21. The van der Waals surface area contributed by atoms with Crippen LogP contribution in [0, 0.1) is 0 Å². The molecule has 0 fully saturated rings. The van der Waals surface area contributed by atoms with Gasteiger partial charge in [-0.1, -0.05) is 6.07 Å². The van der Waals surface area contributed by atoms with E-state index >= 15 is 0 Å². The van der Waals surface area contributed by atoms with E-state index in [0.29, 0.717) is 0 Å². The minimum Gasteiger partial charge on any atom is -0.334 e. The fourth-order valence-corrected chi connectivity index (χ4v) is 2.09. The number of nitrogens with zero attached hydrogens (tertiary/aromatic N) is 3. The quantitative estimate of drug-likeness (QED) is 0.874. The normalized spacial score (nSPS) is 13.4. The fourth-order valence-electron chi connectivity index (χ4n) is 2.09. The van der Waals surface area contributed by atoms with E-state index in [-0.39, 0.29) is 6.04 Å². The summed E-state index contributed by atoms with van der Waals surface area (Å²) < 4.78 is 2.04. The van der Waals surface area contributed by atoms with Gasteiger partial charge in [-0.25, -0.2) is 4.98 Å². The second-order valence-corrected chi connectivity index (χ2v) is 5.18. The fraction of sp³-hybridized carbons (Fsp3) is 0.500. The van der Waals surface area contributed by atoms with Gasteiger partial charge in [-0.2, -0.15) is 0 Å². The molecule has 0 bridgehead atoms.